The van der Waals surface area contributed by atoms with Crippen molar-refractivity contribution in [1.82, 2.24) is 0 Å². The SMILES string of the molecule is C[N+](C)(C)Cc1ccccc1.O=S(=O)(O)c1ccc(-c2cc(Br)ccc2Br)cc1. The van der Waals surface area contributed by atoms with Gasteiger partial charge in [0.2, 0.25) is 0 Å². The van der Waals surface area contributed by atoms with E-state index in [1.807, 2.05) is 18.2 Å². The van der Waals surface area contributed by atoms with Crippen LogP contribution in [0.2, 0.25) is 0 Å². The molecule has 0 radical (unpaired) electrons. The van der Waals surface area contributed by atoms with Gasteiger partial charge in [0.15, 0.2) is 0 Å². The highest BCUT2D eigenvalue weighted by Crippen LogP contribution is 2.31. The maximum atomic E-state index is 10.9. The third-order valence-electron chi connectivity index (χ3n) is 3.89. The van der Waals surface area contributed by atoms with Crippen molar-refractivity contribution in [2.24, 2.45) is 0 Å². The zero-order valence-electron chi connectivity index (χ0n) is 16.5. The van der Waals surface area contributed by atoms with E-state index in [2.05, 4.69) is 83.3 Å². The quantitative estimate of drug-likeness (QED) is 0.324. The van der Waals surface area contributed by atoms with Gasteiger partial charge < -0.3 is 4.48 Å². The minimum atomic E-state index is -4.14. The molecular weight excluding hydrogens is 518 g/mol. The van der Waals surface area contributed by atoms with Gasteiger partial charge in [-0.2, -0.15) is 8.42 Å². The lowest BCUT2D eigenvalue weighted by atomic mass is 10.1. The van der Waals surface area contributed by atoms with Gasteiger partial charge in [0.1, 0.15) is 6.54 Å². The molecule has 7 heteroatoms. The normalized spacial score (nSPS) is 11.5. The minimum Gasteiger partial charge on any atom is -0.327 e. The first-order valence-corrected chi connectivity index (χ1v) is 11.9. The molecule has 0 unspecified atom stereocenters. The Hall–Kier alpha value is -1.51. The topological polar surface area (TPSA) is 54.4 Å². The van der Waals surface area contributed by atoms with Crippen LogP contribution in [0.25, 0.3) is 11.1 Å². The molecule has 29 heavy (non-hydrogen) atoms. The summed E-state index contributed by atoms with van der Waals surface area (Å²) in [5, 5.41) is 0. The molecule has 0 atom stereocenters. The van der Waals surface area contributed by atoms with Crippen LogP contribution in [0.1, 0.15) is 5.56 Å². The first-order valence-electron chi connectivity index (χ1n) is 8.83. The summed E-state index contributed by atoms with van der Waals surface area (Å²) in [4.78, 5) is -0.114. The van der Waals surface area contributed by atoms with Crippen LogP contribution in [-0.4, -0.2) is 38.6 Å². The molecule has 4 nitrogen and oxygen atoms in total. The maximum Gasteiger partial charge on any atom is 0.294 e. The summed E-state index contributed by atoms with van der Waals surface area (Å²) in [7, 11) is 2.46. The van der Waals surface area contributed by atoms with E-state index >= 15 is 0 Å². The number of quaternary nitrogens is 1. The lowest BCUT2D eigenvalue weighted by Crippen LogP contribution is -2.33. The fourth-order valence-electron chi connectivity index (χ4n) is 2.66. The third-order valence-corrected chi connectivity index (χ3v) is 5.94. The van der Waals surface area contributed by atoms with E-state index in [4.69, 9.17) is 4.55 Å². The average molecular weight is 542 g/mol. The Bertz CT molecular complexity index is 1050. The van der Waals surface area contributed by atoms with Gasteiger partial charge in [-0.05, 0) is 41.5 Å². The van der Waals surface area contributed by atoms with Crippen LogP contribution in [0.4, 0.5) is 0 Å². The molecule has 0 amide bonds. The van der Waals surface area contributed by atoms with Crippen molar-refractivity contribution < 1.29 is 17.5 Å². The number of nitrogens with zero attached hydrogens (tertiary/aromatic N) is 1. The Morgan fingerprint density at radius 1 is 0.862 bits per heavy atom. The number of rotatable bonds is 4. The molecule has 0 saturated carbocycles. The molecule has 0 aliphatic heterocycles. The van der Waals surface area contributed by atoms with Crippen molar-refractivity contribution in [3.8, 4) is 11.1 Å². The minimum absolute atomic E-state index is 0.114. The van der Waals surface area contributed by atoms with Gasteiger partial charge in [-0.1, -0.05) is 74.3 Å². The van der Waals surface area contributed by atoms with Gasteiger partial charge >= 0.3 is 0 Å². The van der Waals surface area contributed by atoms with Crippen molar-refractivity contribution >= 4 is 42.0 Å². The Labute approximate surface area is 189 Å². The number of benzene rings is 3. The van der Waals surface area contributed by atoms with Crippen molar-refractivity contribution in [2.45, 2.75) is 11.4 Å². The van der Waals surface area contributed by atoms with E-state index < -0.39 is 10.1 Å². The number of hydrogen-bond acceptors (Lipinski definition) is 2. The molecular formula is C22H24Br2NO3S+. The molecule has 3 rings (SSSR count). The zero-order chi connectivity index (χ0) is 21.7. The molecule has 154 valence electrons. The maximum absolute atomic E-state index is 10.9. The fraction of sp³-hybridized carbons (Fsp3) is 0.182. The van der Waals surface area contributed by atoms with E-state index in [9.17, 15) is 8.42 Å². The van der Waals surface area contributed by atoms with Crippen LogP contribution in [0.15, 0.2) is 86.6 Å². The Kier molecular flexibility index (Phi) is 8.19. The second-order valence-corrected chi connectivity index (χ2v) is 10.7. The second kappa shape index (κ2) is 10.00. The average Bonchev–Trinajstić information content (AvgIpc) is 2.63. The summed E-state index contributed by atoms with van der Waals surface area (Å²) < 4.78 is 33.6. The zero-order valence-corrected chi connectivity index (χ0v) is 20.5. The standard InChI is InChI=1S/C12H8Br2O3S.C10H16N/c13-9-3-6-12(14)11(7-9)8-1-4-10(5-2-8)18(15,16)17;1-11(2,3)9-10-7-5-4-6-8-10/h1-7H,(H,15,16,17);4-8H,9H2,1-3H3/q;+1. The molecule has 1 N–H and O–H groups in total. The molecule has 0 heterocycles. The van der Waals surface area contributed by atoms with E-state index in [1.165, 1.54) is 17.7 Å². The van der Waals surface area contributed by atoms with E-state index in [-0.39, 0.29) is 4.90 Å². The van der Waals surface area contributed by atoms with Gasteiger partial charge in [0, 0.05) is 14.5 Å². The highest BCUT2D eigenvalue weighted by molar-refractivity contribution is 9.11. The molecule has 3 aromatic rings. The Morgan fingerprint density at radius 2 is 1.45 bits per heavy atom. The van der Waals surface area contributed by atoms with Crippen LogP contribution in [-0.2, 0) is 16.7 Å². The van der Waals surface area contributed by atoms with Crippen LogP contribution in [0.3, 0.4) is 0 Å². The molecule has 3 aromatic carbocycles. The first kappa shape index (κ1) is 23.8. The highest BCUT2D eigenvalue weighted by Gasteiger charge is 2.10. The van der Waals surface area contributed by atoms with E-state index in [0.717, 1.165) is 31.1 Å². The second-order valence-electron chi connectivity index (χ2n) is 7.56. The monoisotopic (exact) mass is 540 g/mol. The smallest absolute Gasteiger partial charge is 0.294 e. The van der Waals surface area contributed by atoms with Gasteiger partial charge in [-0.3, -0.25) is 4.55 Å². The Morgan fingerprint density at radius 3 is 1.97 bits per heavy atom. The third kappa shape index (κ3) is 8.03. The summed E-state index contributed by atoms with van der Waals surface area (Å²) in [6.07, 6.45) is 0. The predicted octanol–water partition coefficient (Wildman–Crippen LogP) is 6.02. The fourth-order valence-corrected chi connectivity index (χ4v) is 3.97. The summed E-state index contributed by atoms with van der Waals surface area (Å²) in [5.41, 5.74) is 3.20. The van der Waals surface area contributed by atoms with Gasteiger partial charge in [-0.25, -0.2) is 0 Å². The van der Waals surface area contributed by atoms with Crippen LogP contribution in [0.5, 0.6) is 0 Å². The summed E-state index contributed by atoms with van der Waals surface area (Å²) in [6.45, 7) is 1.10. The summed E-state index contributed by atoms with van der Waals surface area (Å²) >= 11 is 6.82. The molecule has 0 aliphatic rings. The van der Waals surface area contributed by atoms with Crippen LogP contribution in [0, 0.1) is 0 Å². The highest BCUT2D eigenvalue weighted by atomic mass is 79.9. The molecule has 0 saturated heterocycles. The van der Waals surface area contributed by atoms with Crippen LogP contribution < -0.4 is 0 Å². The van der Waals surface area contributed by atoms with Crippen molar-refractivity contribution in [3.63, 3.8) is 0 Å². The number of halogens is 2. The molecule has 0 aromatic heterocycles. The van der Waals surface area contributed by atoms with Crippen molar-refractivity contribution in [3.05, 3.63) is 87.3 Å². The summed E-state index contributed by atoms with van der Waals surface area (Å²) in [6, 6.07) is 22.3. The molecule has 0 fully saturated rings. The van der Waals surface area contributed by atoms with Gasteiger partial charge in [0.05, 0.1) is 26.0 Å². The number of hydrogen-bond donors (Lipinski definition) is 1. The summed E-state index contributed by atoms with van der Waals surface area (Å²) in [5.74, 6) is 0. The van der Waals surface area contributed by atoms with E-state index in [1.54, 1.807) is 12.1 Å². The van der Waals surface area contributed by atoms with Crippen molar-refractivity contribution in [2.75, 3.05) is 21.1 Å². The van der Waals surface area contributed by atoms with Gasteiger partial charge in [-0.15, -0.1) is 0 Å². The lowest BCUT2D eigenvalue weighted by molar-refractivity contribution is -0.884. The first-order chi connectivity index (χ1) is 13.5. The van der Waals surface area contributed by atoms with E-state index in [0.29, 0.717) is 0 Å². The predicted molar refractivity (Wildman–Crippen MR) is 125 cm³/mol. The van der Waals surface area contributed by atoms with Crippen molar-refractivity contribution in [1.29, 1.82) is 0 Å². The lowest BCUT2D eigenvalue weighted by Gasteiger charge is -2.23. The largest absolute Gasteiger partial charge is 0.327 e. The molecule has 0 bridgehead atoms. The van der Waals surface area contributed by atoms with Crippen LogP contribution >= 0.6 is 31.9 Å². The molecule has 0 spiro atoms. The Balaban J connectivity index is 0.000000234. The van der Waals surface area contributed by atoms with Gasteiger partial charge in [0.25, 0.3) is 10.1 Å². The molecule has 0 aliphatic carbocycles.